The van der Waals surface area contributed by atoms with E-state index in [9.17, 15) is 4.79 Å². The van der Waals surface area contributed by atoms with Crippen molar-refractivity contribution in [2.24, 2.45) is 0 Å². The molecule has 0 bridgehead atoms. The van der Waals surface area contributed by atoms with Crippen molar-refractivity contribution < 1.29 is 14.6 Å². The standard InChI is InChI=1S/C14H23N3O3/c1-11(2)17(7-9-20-10-8-18)14(19)16-13-6-4-5-12(3)15-13/h4-6,11,18H,7-10H2,1-3H3,(H,15,16,19). The number of aliphatic hydroxyl groups is 1. The molecule has 1 heterocycles. The lowest BCUT2D eigenvalue weighted by atomic mass is 10.3. The Labute approximate surface area is 119 Å². The molecular weight excluding hydrogens is 258 g/mol. The molecule has 6 nitrogen and oxygen atoms in total. The molecule has 0 unspecified atom stereocenters. The molecule has 1 rings (SSSR count). The number of amides is 2. The van der Waals surface area contributed by atoms with Gasteiger partial charge in [0.25, 0.3) is 0 Å². The highest BCUT2D eigenvalue weighted by Crippen LogP contribution is 2.07. The minimum absolute atomic E-state index is 0.0128. The van der Waals surface area contributed by atoms with E-state index in [-0.39, 0.29) is 25.3 Å². The van der Waals surface area contributed by atoms with Crippen molar-refractivity contribution in [3.63, 3.8) is 0 Å². The predicted octanol–water partition coefficient (Wildman–Crippen LogP) is 1.64. The first-order valence-electron chi connectivity index (χ1n) is 6.74. The van der Waals surface area contributed by atoms with Gasteiger partial charge in [-0.3, -0.25) is 5.32 Å². The van der Waals surface area contributed by atoms with Crippen molar-refractivity contribution >= 4 is 11.8 Å². The predicted molar refractivity (Wildman–Crippen MR) is 77.7 cm³/mol. The maximum atomic E-state index is 12.2. The summed E-state index contributed by atoms with van der Waals surface area (Å²) in [6, 6.07) is 5.33. The molecule has 6 heteroatoms. The van der Waals surface area contributed by atoms with E-state index in [1.54, 1.807) is 11.0 Å². The minimum Gasteiger partial charge on any atom is -0.394 e. The van der Waals surface area contributed by atoms with Crippen molar-refractivity contribution in [2.75, 3.05) is 31.7 Å². The molecule has 0 saturated carbocycles. The first-order valence-corrected chi connectivity index (χ1v) is 6.74. The Morgan fingerprint density at radius 2 is 2.20 bits per heavy atom. The molecule has 0 atom stereocenters. The number of aromatic nitrogens is 1. The van der Waals surface area contributed by atoms with Crippen molar-refractivity contribution in [1.82, 2.24) is 9.88 Å². The Bertz CT molecular complexity index is 424. The number of pyridine rings is 1. The summed E-state index contributed by atoms with van der Waals surface area (Å²) in [7, 11) is 0. The first-order chi connectivity index (χ1) is 9.54. The number of nitrogens with one attached hydrogen (secondary N) is 1. The van der Waals surface area contributed by atoms with Crippen molar-refractivity contribution in [3.05, 3.63) is 23.9 Å². The smallest absolute Gasteiger partial charge is 0.323 e. The van der Waals surface area contributed by atoms with E-state index in [1.165, 1.54) is 0 Å². The third-order valence-corrected chi connectivity index (χ3v) is 2.72. The molecule has 0 aliphatic heterocycles. The Morgan fingerprint density at radius 3 is 2.80 bits per heavy atom. The van der Waals surface area contributed by atoms with Gasteiger partial charge in [0, 0.05) is 18.3 Å². The normalized spacial score (nSPS) is 10.7. The Hall–Kier alpha value is -1.66. The van der Waals surface area contributed by atoms with Crippen LogP contribution in [0.3, 0.4) is 0 Å². The van der Waals surface area contributed by atoms with Gasteiger partial charge in [-0.05, 0) is 32.9 Å². The van der Waals surface area contributed by atoms with Gasteiger partial charge in [0.1, 0.15) is 5.82 Å². The van der Waals surface area contributed by atoms with Crippen LogP contribution in [0.2, 0.25) is 0 Å². The number of hydrogen-bond donors (Lipinski definition) is 2. The van der Waals surface area contributed by atoms with Gasteiger partial charge in [0.15, 0.2) is 0 Å². The number of nitrogens with zero attached hydrogens (tertiary/aromatic N) is 2. The molecule has 0 spiro atoms. The number of aryl methyl sites for hydroxylation is 1. The van der Waals surface area contributed by atoms with Gasteiger partial charge >= 0.3 is 6.03 Å². The van der Waals surface area contributed by atoms with Crippen LogP contribution in [-0.4, -0.2) is 53.4 Å². The van der Waals surface area contributed by atoms with E-state index >= 15 is 0 Å². The van der Waals surface area contributed by atoms with E-state index in [0.29, 0.717) is 19.0 Å². The number of carbonyl (C=O) groups is 1. The van der Waals surface area contributed by atoms with Crippen LogP contribution in [0.1, 0.15) is 19.5 Å². The second-order valence-electron chi connectivity index (χ2n) is 4.72. The third-order valence-electron chi connectivity index (χ3n) is 2.72. The maximum Gasteiger partial charge on any atom is 0.323 e. The monoisotopic (exact) mass is 281 g/mol. The first kappa shape index (κ1) is 16.4. The third kappa shape index (κ3) is 5.54. The van der Waals surface area contributed by atoms with Gasteiger partial charge in [-0.1, -0.05) is 6.07 Å². The lowest BCUT2D eigenvalue weighted by Crippen LogP contribution is -2.42. The summed E-state index contributed by atoms with van der Waals surface area (Å²) >= 11 is 0. The van der Waals surface area contributed by atoms with Gasteiger partial charge in [-0.15, -0.1) is 0 Å². The molecule has 1 aromatic heterocycles. The average molecular weight is 281 g/mol. The Morgan fingerprint density at radius 1 is 1.45 bits per heavy atom. The summed E-state index contributed by atoms with van der Waals surface area (Å²) in [5.74, 6) is 0.539. The summed E-state index contributed by atoms with van der Waals surface area (Å²) in [4.78, 5) is 18.1. The molecule has 0 aliphatic rings. The number of ether oxygens (including phenoxy) is 1. The fourth-order valence-electron chi connectivity index (χ4n) is 1.72. The Kier molecular flexibility index (Phi) is 6.97. The summed E-state index contributed by atoms with van der Waals surface area (Å²) < 4.78 is 5.20. The van der Waals surface area contributed by atoms with Crippen LogP contribution in [0.15, 0.2) is 18.2 Å². The molecule has 0 aromatic carbocycles. The zero-order valence-corrected chi connectivity index (χ0v) is 12.3. The number of hydrogen-bond acceptors (Lipinski definition) is 4. The molecule has 2 amide bonds. The quantitative estimate of drug-likeness (QED) is 0.745. The molecule has 112 valence electrons. The largest absolute Gasteiger partial charge is 0.394 e. The van der Waals surface area contributed by atoms with Gasteiger partial charge in [-0.25, -0.2) is 9.78 Å². The molecule has 1 aromatic rings. The summed E-state index contributed by atoms with van der Waals surface area (Å²) in [6.45, 7) is 6.89. The van der Waals surface area contributed by atoms with Gasteiger partial charge < -0.3 is 14.7 Å². The van der Waals surface area contributed by atoms with E-state index in [0.717, 1.165) is 5.69 Å². The minimum atomic E-state index is -0.203. The molecule has 0 aliphatic carbocycles. The molecular formula is C14H23N3O3. The second kappa shape index (κ2) is 8.50. The van der Waals surface area contributed by atoms with Crippen molar-refractivity contribution in [3.8, 4) is 0 Å². The number of carbonyl (C=O) groups excluding carboxylic acids is 1. The van der Waals surface area contributed by atoms with Crippen molar-refractivity contribution in [1.29, 1.82) is 0 Å². The number of aliphatic hydroxyl groups excluding tert-OH is 1. The zero-order chi connectivity index (χ0) is 15.0. The SMILES string of the molecule is Cc1cccc(NC(=O)N(CCOCCO)C(C)C)n1. The van der Waals surface area contributed by atoms with Crippen LogP contribution in [0.5, 0.6) is 0 Å². The molecule has 2 N–H and O–H groups in total. The van der Waals surface area contributed by atoms with E-state index in [2.05, 4.69) is 10.3 Å². The molecule has 0 saturated heterocycles. The number of anilines is 1. The lowest BCUT2D eigenvalue weighted by Gasteiger charge is -2.26. The fraction of sp³-hybridized carbons (Fsp3) is 0.571. The second-order valence-corrected chi connectivity index (χ2v) is 4.72. The average Bonchev–Trinajstić information content (AvgIpc) is 2.38. The molecule has 0 radical (unpaired) electrons. The maximum absolute atomic E-state index is 12.2. The number of rotatable bonds is 7. The van der Waals surface area contributed by atoms with Crippen molar-refractivity contribution in [2.45, 2.75) is 26.8 Å². The number of urea groups is 1. The van der Waals surface area contributed by atoms with Crippen LogP contribution in [0, 0.1) is 6.92 Å². The van der Waals surface area contributed by atoms with Crippen LogP contribution in [0.4, 0.5) is 10.6 Å². The Balaban J connectivity index is 2.55. The van der Waals surface area contributed by atoms with Gasteiger partial charge in [0.05, 0.1) is 19.8 Å². The zero-order valence-electron chi connectivity index (χ0n) is 12.3. The van der Waals surface area contributed by atoms with E-state index < -0.39 is 0 Å². The highest BCUT2D eigenvalue weighted by molar-refractivity contribution is 5.88. The van der Waals surface area contributed by atoms with Gasteiger partial charge in [0.2, 0.25) is 0 Å². The van der Waals surface area contributed by atoms with Crippen LogP contribution in [0.25, 0.3) is 0 Å². The summed E-state index contributed by atoms with van der Waals surface area (Å²) in [5.41, 5.74) is 0.852. The summed E-state index contributed by atoms with van der Waals surface area (Å²) in [5, 5.41) is 11.4. The van der Waals surface area contributed by atoms with E-state index in [1.807, 2.05) is 32.9 Å². The fourth-order valence-corrected chi connectivity index (χ4v) is 1.72. The van der Waals surface area contributed by atoms with Crippen LogP contribution >= 0.6 is 0 Å². The summed E-state index contributed by atoms with van der Waals surface area (Å²) in [6.07, 6.45) is 0. The van der Waals surface area contributed by atoms with Crippen LogP contribution < -0.4 is 5.32 Å². The lowest BCUT2D eigenvalue weighted by molar-refractivity contribution is 0.0757. The van der Waals surface area contributed by atoms with Crippen LogP contribution in [-0.2, 0) is 4.74 Å². The topological polar surface area (TPSA) is 74.7 Å². The molecule has 20 heavy (non-hydrogen) atoms. The van der Waals surface area contributed by atoms with Gasteiger partial charge in [-0.2, -0.15) is 0 Å². The highest BCUT2D eigenvalue weighted by Gasteiger charge is 2.17. The molecule has 0 fully saturated rings. The van der Waals surface area contributed by atoms with E-state index in [4.69, 9.17) is 9.84 Å². The highest BCUT2D eigenvalue weighted by atomic mass is 16.5.